The summed E-state index contributed by atoms with van der Waals surface area (Å²) in [6.07, 6.45) is 0. The van der Waals surface area contributed by atoms with Gasteiger partial charge in [0.15, 0.2) is 14.5 Å². The summed E-state index contributed by atoms with van der Waals surface area (Å²) in [6, 6.07) is 7.56. The third-order valence-corrected chi connectivity index (χ3v) is 6.81. The Kier molecular flexibility index (Phi) is 7.06. The first-order valence-corrected chi connectivity index (χ1v) is 11.5. The lowest BCUT2D eigenvalue weighted by Gasteiger charge is -1.93. The number of carboxylic acid groups (broad SMARTS) is 1. The Hall–Kier alpha value is -3.20. The number of hydrogen-bond donors (Lipinski definition) is 3. The maximum atomic E-state index is 11.9. The van der Waals surface area contributed by atoms with Crippen molar-refractivity contribution < 1.29 is 24.3 Å². The molecule has 0 spiro atoms. The fourth-order valence-corrected chi connectivity index (χ4v) is 5.04. The summed E-state index contributed by atoms with van der Waals surface area (Å²) in [5.41, 5.74) is 11.5. The van der Waals surface area contributed by atoms with Crippen LogP contribution in [0.4, 0.5) is 10.9 Å². The molecule has 0 amide bonds. The summed E-state index contributed by atoms with van der Waals surface area (Å²) in [4.78, 5) is 56.1. The Morgan fingerprint density at radius 2 is 1.68 bits per heavy atom. The monoisotopic (exact) mass is 493 g/mol. The number of thiazole rings is 3. The van der Waals surface area contributed by atoms with Crippen molar-refractivity contribution in [3.8, 4) is 0 Å². The van der Waals surface area contributed by atoms with Crippen molar-refractivity contribution in [3.63, 3.8) is 0 Å². The number of nitrogens with zero attached hydrogens (tertiary/aromatic N) is 3. The zero-order chi connectivity index (χ0) is 22.5. The number of aliphatic carboxylic acids is 1. The molecule has 4 aromatic rings. The molecule has 0 radical (unpaired) electrons. The minimum absolute atomic E-state index is 0.0880. The van der Waals surface area contributed by atoms with Gasteiger partial charge in [-0.25, -0.2) is 19.7 Å². The van der Waals surface area contributed by atoms with E-state index < -0.39 is 22.7 Å². The van der Waals surface area contributed by atoms with Gasteiger partial charge in [0.2, 0.25) is 0 Å². The third kappa shape index (κ3) is 5.69. The number of para-hydroxylation sites is 1. The molecule has 31 heavy (non-hydrogen) atoms. The van der Waals surface area contributed by atoms with Crippen molar-refractivity contribution in [2.24, 2.45) is 0 Å². The van der Waals surface area contributed by atoms with Gasteiger partial charge in [-0.05, 0) is 23.9 Å². The van der Waals surface area contributed by atoms with Gasteiger partial charge in [0.25, 0.3) is 16.7 Å². The Labute approximate surface area is 190 Å². The molecular weight excluding hydrogens is 482 g/mol. The quantitative estimate of drug-likeness (QED) is 0.211. The molecule has 0 saturated heterocycles. The van der Waals surface area contributed by atoms with Gasteiger partial charge in [-0.2, -0.15) is 0 Å². The van der Waals surface area contributed by atoms with E-state index in [4.69, 9.17) is 16.6 Å². The first kappa shape index (κ1) is 22.5. The van der Waals surface area contributed by atoms with E-state index >= 15 is 0 Å². The summed E-state index contributed by atoms with van der Waals surface area (Å²) >= 11 is 4.26. The van der Waals surface area contributed by atoms with Crippen molar-refractivity contribution in [3.05, 3.63) is 45.7 Å². The smallest absolute Gasteiger partial charge is 0.379 e. The molecule has 0 bridgehead atoms. The van der Waals surface area contributed by atoms with Gasteiger partial charge in [0.1, 0.15) is 11.5 Å². The van der Waals surface area contributed by atoms with Crippen LogP contribution in [0.15, 0.2) is 39.4 Å². The van der Waals surface area contributed by atoms with E-state index in [-0.39, 0.29) is 21.7 Å². The minimum Gasteiger partial charge on any atom is -0.475 e. The highest BCUT2D eigenvalue weighted by Crippen LogP contribution is 2.30. The van der Waals surface area contributed by atoms with Crippen molar-refractivity contribution in [1.82, 2.24) is 15.0 Å². The predicted molar refractivity (Wildman–Crippen MR) is 120 cm³/mol. The highest BCUT2D eigenvalue weighted by molar-refractivity contribution is 8.16. The molecule has 0 aliphatic heterocycles. The van der Waals surface area contributed by atoms with Crippen LogP contribution in [0.25, 0.3) is 10.2 Å². The number of aromatic nitrogens is 3. The van der Waals surface area contributed by atoms with E-state index in [9.17, 15) is 19.2 Å². The van der Waals surface area contributed by atoms with Crippen LogP contribution in [0.5, 0.6) is 0 Å². The van der Waals surface area contributed by atoms with E-state index in [2.05, 4.69) is 15.0 Å². The van der Waals surface area contributed by atoms with E-state index in [1.807, 2.05) is 24.3 Å². The molecule has 0 unspecified atom stereocenters. The summed E-state index contributed by atoms with van der Waals surface area (Å²) in [7, 11) is 0. The van der Waals surface area contributed by atoms with Crippen LogP contribution in [0.2, 0.25) is 0 Å². The van der Waals surface area contributed by atoms with Gasteiger partial charge in [0.05, 0.1) is 10.2 Å². The number of hydrogen-bond acceptors (Lipinski definition) is 13. The summed E-state index contributed by atoms with van der Waals surface area (Å²) in [5, 5.41) is 10.7. The molecule has 3 heterocycles. The van der Waals surface area contributed by atoms with Crippen LogP contribution in [0, 0.1) is 0 Å². The van der Waals surface area contributed by atoms with E-state index in [1.165, 1.54) is 22.1 Å². The average molecular weight is 494 g/mol. The zero-order valence-electron chi connectivity index (χ0n) is 15.2. The molecule has 1 aromatic carbocycles. The second-order valence-electron chi connectivity index (χ2n) is 5.45. The number of carboxylic acids is 1. The maximum Gasteiger partial charge on any atom is 0.379 e. The largest absolute Gasteiger partial charge is 0.475 e. The molecule has 0 aliphatic carbocycles. The lowest BCUT2D eigenvalue weighted by molar-refractivity contribution is -0.131. The molecule has 0 saturated carbocycles. The molecule has 158 valence electrons. The van der Waals surface area contributed by atoms with E-state index in [1.54, 1.807) is 0 Å². The molecule has 3 aromatic heterocycles. The van der Waals surface area contributed by atoms with Crippen LogP contribution in [0.3, 0.4) is 0 Å². The Bertz CT molecular complexity index is 1260. The molecule has 4 rings (SSSR count). The molecule has 10 nitrogen and oxygen atoms in total. The van der Waals surface area contributed by atoms with Gasteiger partial charge in [0, 0.05) is 10.8 Å². The molecule has 0 fully saturated rings. The van der Waals surface area contributed by atoms with Crippen LogP contribution >= 0.6 is 45.8 Å². The number of fused-ring (bicyclic) bond motifs is 1. The normalized spacial score (nSPS) is 10.3. The SMILES string of the molecule is Nc1csc(C(=O)C(=O)O)n1.Nc1nc(C(=O)C(=O)Sc2nc3ccccc3s2)cs1. The fraction of sp³-hybridized carbons (Fsp3) is 0. The zero-order valence-corrected chi connectivity index (χ0v) is 18.4. The Morgan fingerprint density at radius 1 is 0.935 bits per heavy atom. The third-order valence-electron chi connectivity index (χ3n) is 3.30. The number of carbonyl (C=O) groups is 4. The number of anilines is 2. The molecule has 0 atom stereocenters. The topological polar surface area (TPSA) is 179 Å². The predicted octanol–water partition coefficient (Wildman–Crippen LogP) is 2.83. The minimum atomic E-state index is -1.51. The summed E-state index contributed by atoms with van der Waals surface area (Å²) in [5.74, 6) is -3.02. The molecular formula is C17H11N5O5S4. The maximum absolute atomic E-state index is 11.9. The highest BCUT2D eigenvalue weighted by atomic mass is 32.2. The highest BCUT2D eigenvalue weighted by Gasteiger charge is 2.22. The number of nitrogen functional groups attached to an aromatic ring is 2. The van der Waals surface area contributed by atoms with Crippen LogP contribution in [-0.2, 0) is 9.59 Å². The number of thioether (sulfide) groups is 1. The van der Waals surface area contributed by atoms with Gasteiger partial charge >= 0.3 is 5.97 Å². The number of benzene rings is 1. The first-order valence-electron chi connectivity index (χ1n) is 8.06. The number of ketones is 2. The Balaban J connectivity index is 0.000000210. The van der Waals surface area contributed by atoms with Crippen LogP contribution in [-0.4, -0.2) is 42.7 Å². The van der Waals surface area contributed by atoms with E-state index in [0.29, 0.717) is 4.34 Å². The Morgan fingerprint density at radius 3 is 2.26 bits per heavy atom. The summed E-state index contributed by atoms with van der Waals surface area (Å²) in [6.45, 7) is 0. The summed E-state index contributed by atoms with van der Waals surface area (Å²) < 4.78 is 1.53. The number of carbonyl (C=O) groups excluding carboxylic acids is 3. The van der Waals surface area contributed by atoms with Crippen LogP contribution < -0.4 is 11.5 Å². The van der Waals surface area contributed by atoms with Crippen molar-refractivity contribution >= 4 is 89.6 Å². The van der Waals surface area contributed by atoms with Crippen molar-refractivity contribution in [2.45, 2.75) is 4.34 Å². The number of Topliss-reactive ketones (excluding diaryl/α,β-unsaturated/α-hetero) is 2. The standard InChI is InChI=1S/C12H7N3O2S3.C5H4N2O3S/c13-11-14-7(5-18-11)9(16)10(17)20-12-15-6-3-1-2-4-8(6)19-12;6-2-1-11-4(7-2)3(8)5(9)10/h1-5H,(H2,13,14);1H,6H2,(H,9,10). The van der Waals surface area contributed by atoms with Gasteiger partial charge in [-0.3, -0.25) is 14.4 Å². The van der Waals surface area contributed by atoms with Crippen molar-refractivity contribution in [2.75, 3.05) is 11.5 Å². The lowest BCUT2D eigenvalue weighted by atomic mass is 10.3. The number of nitrogens with two attached hydrogens (primary N) is 2. The average Bonchev–Trinajstić information content (AvgIpc) is 3.46. The lowest BCUT2D eigenvalue weighted by Crippen LogP contribution is -2.12. The van der Waals surface area contributed by atoms with Gasteiger partial charge in [-0.1, -0.05) is 12.1 Å². The fourth-order valence-electron chi connectivity index (χ4n) is 2.00. The second kappa shape index (κ2) is 9.74. The van der Waals surface area contributed by atoms with Gasteiger partial charge in [-0.15, -0.1) is 34.0 Å². The van der Waals surface area contributed by atoms with E-state index in [0.717, 1.165) is 44.7 Å². The van der Waals surface area contributed by atoms with Gasteiger partial charge < -0.3 is 16.6 Å². The molecule has 0 aliphatic rings. The second-order valence-corrected chi connectivity index (χ2v) is 9.45. The van der Waals surface area contributed by atoms with Crippen molar-refractivity contribution in [1.29, 1.82) is 0 Å². The molecule has 14 heteroatoms. The van der Waals surface area contributed by atoms with Crippen LogP contribution in [0.1, 0.15) is 20.3 Å². The molecule has 5 N–H and O–H groups in total. The first-order chi connectivity index (χ1) is 14.7. The number of rotatable bonds is 5.